The lowest BCUT2D eigenvalue weighted by molar-refractivity contribution is -0.870. The molecule has 9 nitrogen and oxygen atoms in total. The van der Waals surface area contributed by atoms with Gasteiger partial charge in [-0.3, -0.25) is 14.2 Å². The van der Waals surface area contributed by atoms with E-state index < -0.39 is 32.5 Å². The first-order valence-electron chi connectivity index (χ1n) is 23.2. The molecule has 0 aromatic rings. The smallest absolute Gasteiger partial charge is 0.306 e. The Hall–Kier alpha value is -1.77. The van der Waals surface area contributed by atoms with Crippen molar-refractivity contribution < 1.29 is 42.1 Å². The number of esters is 2. The highest BCUT2D eigenvalue weighted by atomic mass is 31.2. The van der Waals surface area contributed by atoms with Crippen molar-refractivity contribution in [3.8, 4) is 0 Å². The van der Waals surface area contributed by atoms with Crippen molar-refractivity contribution in [2.24, 2.45) is 0 Å². The first-order chi connectivity index (χ1) is 27.5. The summed E-state index contributed by atoms with van der Waals surface area (Å²) in [6.45, 7) is 4.17. The molecule has 0 heterocycles. The molecule has 0 saturated heterocycles. The molecule has 0 N–H and O–H groups in total. The van der Waals surface area contributed by atoms with Crippen molar-refractivity contribution >= 4 is 19.8 Å². The predicted octanol–water partition coefficient (Wildman–Crippen LogP) is 12.7. The van der Waals surface area contributed by atoms with Crippen molar-refractivity contribution in [1.82, 2.24) is 0 Å². The molecule has 0 aliphatic rings. The fraction of sp³-hybridized carbons (Fsp3) is 0.830. The Morgan fingerprint density at radius 1 is 0.544 bits per heavy atom. The number of carbonyl (C=O) groups is 2. The van der Waals surface area contributed by atoms with Crippen molar-refractivity contribution in [3.63, 3.8) is 0 Å². The zero-order chi connectivity index (χ0) is 42.1. The van der Waals surface area contributed by atoms with Crippen molar-refractivity contribution in [1.29, 1.82) is 0 Å². The Labute approximate surface area is 351 Å². The molecule has 0 aliphatic heterocycles. The molecule has 0 rings (SSSR count). The number of ether oxygens (including phenoxy) is 2. The van der Waals surface area contributed by atoms with Crippen LogP contribution in [0.2, 0.25) is 0 Å². The summed E-state index contributed by atoms with van der Waals surface area (Å²) < 4.78 is 33.9. The number of hydrogen-bond acceptors (Lipinski definition) is 8. The second-order valence-electron chi connectivity index (χ2n) is 16.8. The van der Waals surface area contributed by atoms with Crippen molar-refractivity contribution in [3.05, 3.63) is 36.5 Å². The highest BCUT2D eigenvalue weighted by Gasteiger charge is 2.21. The van der Waals surface area contributed by atoms with Crippen LogP contribution >= 0.6 is 7.82 Å². The Morgan fingerprint density at radius 3 is 1.44 bits per heavy atom. The minimum atomic E-state index is -4.63. The van der Waals surface area contributed by atoms with Gasteiger partial charge in [0.2, 0.25) is 0 Å². The molecule has 0 aliphatic carbocycles. The molecule has 57 heavy (non-hydrogen) atoms. The maximum absolute atomic E-state index is 12.7. The number of phosphoric acid groups is 1. The van der Waals surface area contributed by atoms with Gasteiger partial charge in [0.1, 0.15) is 19.8 Å². The van der Waals surface area contributed by atoms with E-state index in [2.05, 4.69) is 50.3 Å². The number of likely N-dealkylation sites (N-methyl/N-ethyl adjacent to an activating group) is 1. The molecule has 0 radical (unpaired) electrons. The third kappa shape index (κ3) is 43.6. The van der Waals surface area contributed by atoms with E-state index in [1.54, 1.807) is 0 Å². The van der Waals surface area contributed by atoms with Crippen LogP contribution in [-0.2, 0) is 32.7 Å². The second-order valence-corrected chi connectivity index (χ2v) is 18.2. The fourth-order valence-electron chi connectivity index (χ4n) is 6.25. The van der Waals surface area contributed by atoms with Crippen LogP contribution < -0.4 is 4.89 Å². The van der Waals surface area contributed by atoms with Gasteiger partial charge >= 0.3 is 11.9 Å². The summed E-state index contributed by atoms with van der Waals surface area (Å²) >= 11 is 0. The molecule has 1 unspecified atom stereocenters. The van der Waals surface area contributed by atoms with E-state index >= 15 is 0 Å². The van der Waals surface area contributed by atoms with Gasteiger partial charge in [0.05, 0.1) is 27.7 Å². The summed E-state index contributed by atoms with van der Waals surface area (Å²) in [4.78, 5) is 37.6. The molecular weight excluding hydrogens is 737 g/mol. The summed E-state index contributed by atoms with van der Waals surface area (Å²) in [7, 11) is 1.15. The standard InChI is InChI=1S/C47H88NO8P/c1-6-8-10-12-14-16-18-20-22-23-24-26-28-30-32-34-36-38-40-47(50)56-45(44-55-57(51,52)54-42-41-48(3,4)5)43-53-46(49)39-37-35-33-31-29-27-25-21-19-17-15-13-11-9-7-2/h15,17,21,25,29,31,45H,6-14,16,18-20,22-24,26-28,30,32-44H2,1-5H3/b17-15+,25-21+,31-29+/t45-/m1/s1. The number of carbonyl (C=O) groups excluding carboxylic acids is 2. The van der Waals surface area contributed by atoms with Crippen LogP contribution in [0.15, 0.2) is 36.5 Å². The first-order valence-corrected chi connectivity index (χ1v) is 24.7. The summed E-state index contributed by atoms with van der Waals surface area (Å²) in [6.07, 6.45) is 44.6. The molecule has 0 spiro atoms. The fourth-order valence-corrected chi connectivity index (χ4v) is 6.98. The SMILES string of the molecule is CCCCC/C=C/C/C=C/C/C=C/CCCCC(=O)OC[C@H](COP(=O)([O-])OCC[N+](C)(C)C)OC(=O)CCCCCCCCCCCCCCCCCCCC. The van der Waals surface area contributed by atoms with Gasteiger partial charge in [-0.05, 0) is 51.4 Å². The number of phosphoric ester groups is 1. The van der Waals surface area contributed by atoms with Gasteiger partial charge in [-0.15, -0.1) is 0 Å². The van der Waals surface area contributed by atoms with Gasteiger partial charge in [0.15, 0.2) is 6.10 Å². The average molecular weight is 826 g/mol. The molecule has 0 saturated carbocycles. The Kier molecular flexibility index (Phi) is 38.4. The van der Waals surface area contributed by atoms with Crippen LogP contribution in [0.1, 0.15) is 200 Å². The average Bonchev–Trinajstić information content (AvgIpc) is 3.16. The quantitative estimate of drug-likeness (QED) is 0.0197. The van der Waals surface area contributed by atoms with Gasteiger partial charge in [0, 0.05) is 12.8 Å². The molecular formula is C47H88NO8P. The monoisotopic (exact) mass is 826 g/mol. The van der Waals surface area contributed by atoms with Crippen LogP contribution in [0, 0.1) is 0 Å². The third-order valence-corrected chi connectivity index (χ3v) is 10.9. The third-order valence-electron chi connectivity index (χ3n) is 9.91. The molecule has 0 aromatic carbocycles. The number of allylic oxidation sites excluding steroid dienone is 6. The van der Waals surface area contributed by atoms with Crippen LogP contribution in [0.3, 0.4) is 0 Å². The lowest BCUT2D eigenvalue weighted by Crippen LogP contribution is -2.37. The zero-order valence-corrected chi connectivity index (χ0v) is 38.4. The van der Waals surface area contributed by atoms with Crippen molar-refractivity contribution in [2.45, 2.75) is 206 Å². The highest BCUT2D eigenvalue weighted by Crippen LogP contribution is 2.38. The Balaban J connectivity index is 4.36. The zero-order valence-electron chi connectivity index (χ0n) is 37.5. The highest BCUT2D eigenvalue weighted by molar-refractivity contribution is 7.45. The maximum Gasteiger partial charge on any atom is 0.306 e. The van der Waals surface area contributed by atoms with Crippen LogP contribution in [0.5, 0.6) is 0 Å². The predicted molar refractivity (Wildman–Crippen MR) is 236 cm³/mol. The maximum atomic E-state index is 12.7. The van der Waals surface area contributed by atoms with Gasteiger partial charge in [-0.2, -0.15) is 0 Å². The summed E-state index contributed by atoms with van der Waals surface area (Å²) in [6, 6.07) is 0. The Morgan fingerprint density at radius 2 is 0.947 bits per heavy atom. The van der Waals surface area contributed by atoms with E-state index in [1.807, 2.05) is 21.1 Å². The summed E-state index contributed by atoms with van der Waals surface area (Å²) in [5, 5.41) is 0. The lowest BCUT2D eigenvalue weighted by Gasteiger charge is -2.28. The van der Waals surface area contributed by atoms with Crippen LogP contribution in [0.4, 0.5) is 0 Å². The number of hydrogen-bond donors (Lipinski definition) is 0. The number of nitrogens with zero attached hydrogens (tertiary/aromatic N) is 1. The summed E-state index contributed by atoms with van der Waals surface area (Å²) in [5.41, 5.74) is 0. The molecule has 0 fully saturated rings. The van der Waals surface area contributed by atoms with E-state index in [0.717, 1.165) is 51.4 Å². The van der Waals surface area contributed by atoms with Crippen LogP contribution in [0.25, 0.3) is 0 Å². The molecule has 334 valence electrons. The first kappa shape index (κ1) is 55.2. The second kappa shape index (κ2) is 39.7. The van der Waals surface area contributed by atoms with E-state index in [9.17, 15) is 19.0 Å². The van der Waals surface area contributed by atoms with Crippen LogP contribution in [-0.4, -0.2) is 70.0 Å². The molecule has 10 heteroatoms. The normalized spacial score (nSPS) is 13.9. The molecule has 0 amide bonds. The largest absolute Gasteiger partial charge is 0.756 e. The molecule has 2 atom stereocenters. The number of rotatable bonds is 42. The van der Waals surface area contributed by atoms with Crippen molar-refractivity contribution in [2.75, 3.05) is 47.5 Å². The van der Waals surface area contributed by atoms with E-state index in [-0.39, 0.29) is 26.1 Å². The van der Waals surface area contributed by atoms with Gasteiger partial charge < -0.3 is 27.9 Å². The lowest BCUT2D eigenvalue weighted by atomic mass is 10.0. The minimum Gasteiger partial charge on any atom is -0.756 e. The van der Waals surface area contributed by atoms with E-state index in [4.69, 9.17) is 18.5 Å². The van der Waals surface area contributed by atoms with E-state index in [1.165, 1.54) is 109 Å². The molecule has 0 bridgehead atoms. The summed E-state index contributed by atoms with van der Waals surface area (Å²) in [5.74, 6) is -0.873. The minimum absolute atomic E-state index is 0.0359. The van der Waals surface area contributed by atoms with Gasteiger partial charge in [0.25, 0.3) is 7.82 Å². The van der Waals surface area contributed by atoms with Gasteiger partial charge in [-0.1, -0.05) is 172 Å². The van der Waals surface area contributed by atoms with E-state index in [0.29, 0.717) is 23.9 Å². The molecule has 0 aromatic heterocycles. The Bertz CT molecular complexity index is 1070. The number of unbranched alkanes of at least 4 members (excludes halogenated alkanes) is 22. The van der Waals surface area contributed by atoms with Gasteiger partial charge in [-0.25, -0.2) is 0 Å². The number of quaternary nitrogens is 1. The topological polar surface area (TPSA) is 111 Å².